The Labute approximate surface area is 161 Å². The first-order valence-electron chi connectivity index (χ1n) is 8.91. The molecule has 0 bridgehead atoms. The molecule has 1 saturated heterocycles. The Balaban J connectivity index is 0.00000243. The van der Waals surface area contributed by atoms with E-state index in [2.05, 4.69) is 4.57 Å². The molecule has 1 aromatic heterocycles. The van der Waals surface area contributed by atoms with Crippen molar-refractivity contribution in [3.8, 4) is 11.4 Å². The topological polar surface area (TPSA) is 60.5 Å². The van der Waals surface area contributed by atoms with Crippen LogP contribution in [-0.2, 0) is 0 Å². The molecule has 1 aliphatic heterocycles. The number of hydrogen-bond acceptors (Lipinski definition) is 3. The van der Waals surface area contributed by atoms with Crippen LogP contribution >= 0.6 is 12.4 Å². The van der Waals surface area contributed by atoms with E-state index in [1.807, 2.05) is 49.1 Å². The summed E-state index contributed by atoms with van der Waals surface area (Å²) in [6, 6.07) is 10.0. The van der Waals surface area contributed by atoms with Crippen molar-refractivity contribution in [2.24, 2.45) is 5.73 Å². The largest absolute Gasteiger partial charge is 0.497 e. The Kier molecular flexibility index (Phi) is 6.73. The van der Waals surface area contributed by atoms with E-state index < -0.39 is 0 Å². The van der Waals surface area contributed by atoms with Crippen LogP contribution in [-0.4, -0.2) is 41.6 Å². The van der Waals surface area contributed by atoms with Gasteiger partial charge in [0.1, 0.15) is 5.75 Å². The predicted octanol–water partition coefficient (Wildman–Crippen LogP) is 3.48. The van der Waals surface area contributed by atoms with E-state index in [-0.39, 0.29) is 24.4 Å². The van der Waals surface area contributed by atoms with Gasteiger partial charge in [0.15, 0.2) is 0 Å². The molecule has 1 aliphatic rings. The van der Waals surface area contributed by atoms with Gasteiger partial charge in [-0.05, 0) is 63.4 Å². The van der Waals surface area contributed by atoms with Crippen LogP contribution in [0.15, 0.2) is 30.3 Å². The number of hydrogen-bond donors (Lipinski definition) is 1. The van der Waals surface area contributed by atoms with Crippen LogP contribution in [0.4, 0.5) is 0 Å². The van der Waals surface area contributed by atoms with Crippen molar-refractivity contribution in [1.82, 2.24) is 9.47 Å². The molecule has 1 aromatic carbocycles. The molecule has 0 saturated carbocycles. The summed E-state index contributed by atoms with van der Waals surface area (Å²) >= 11 is 0. The number of likely N-dealkylation sites (tertiary alicyclic amines) is 1. The Bertz CT molecular complexity index is 755. The van der Waals surface area contributed by atoms with Gasteiger partial charge in [-0.3, -0.25) is 4.79 Å². The Morgan fingerprint density at radius 3 is 2.54 bits per heavy atom. The molecule has 1 amide bonds. The van der Waals surface area contributed by atoms with Crippen molar-refractivity contribution in [2.45, 2.75) is 39.2 Å². The Hall–Kier alpha value is -1.98. The Morgan fingerprint density at radius 1 is 1.23 bits per heavy atom. The highest BCUT2D eigenvalue weighted by Crippen LogP contribution is 2.26. The number of carbonyl (C=O) groups excluding carboxylic acids is 1. The maximum Gasteiger partial charge on any atom is 0.255 e. The first kappa shape index (κ1) is 20.3. The summed E-state index contributed by atoms with van der Waals surface area (Å²) in [5.74, 6) is 0.921. The molecule has 1 atom stereocenters. The van der Waals surface area contributed by atoms with Crippen molar-refractivity contribution >= 4 is 18.3 Å². The normalized spacial score (nSPS) is 16.9. The van der Waals surface area contributed by atoms with E-state index >= 15 is 0 Å². The van der Waals surface area contributed by atoms with Gasteiger partial charge in [-0.15, -0.1) is 12.4 Å². The van der Waals surface area contributed by atoms with Gasteiger partial charge in [0.25, 0.3) is 5.91 Å². The third kappa shape index (κ3) is 3.74. The van der Waals surface area contributed by atoms with Crippen LogP contribution in [0.1, 0.15) is 41.0 Å². The number of methoxy groups -OCH3 is 1. The summed E-state index contributed by atoms with van der Waals surface area (Å²) in [5.41, 5.74) is 9.71. The molecule has 1 fully saturated rings. The molecule has 142 valence electrons. The van der Waals surface area contributed by atoms with Gasteiger partial charge in [-0.2, -0.15) is 0 Å². The summed E-state index contributed by atoms with van der Waals surface area (Å²) in [6.45, 7) is 5.37. The van der Waals surface area contributed by atoms with Gasteiger partial charge < -0.3 is 19.9 Å². The molecule has 0 spiro atoms. The van der Waals surface area contributed by atoms with Gasteiger partial charge >= 0.3 is 0 Å². The van der Waals surface area contributed by atoms with E-state index in [4.69, 9.17) is 10.5 Å². The lowest BCUT2D eigenvalue weighted by Gasteiger charge is -2.35. The highest BCUT2D eigenvalue weighted by molar-refractivity contribution is 5.96. The average molecular weight is 378 g/mol. The fourth-order valence-corrected chi connectivity index (χ4v) is 3.78. The lowest BCUT2D eigenvalue weighted by atomic mass is 10.0. The molecule has 2 aromatic rings. The van der Waals surface area contributed by atoms with Crippen LogP contribution in [0.2, 0.25) is 0 Å². The highest BCUT2D eigenvalue weighted by Gasteiger charge is 2.28. The molecule has 1 unspecified atom stereocenters. The molecular weight excluding hydrogens is 350 g/mol. The lowest BCUT2D eigenvalue weighted by molar-refractivity contribution is 0.0622. The second-order valence-electron chi connectivity index (χ2n) is 6.70. The lowest BCUT2D eigenvalue weighted by Crippen LogP contribution is -2.47. The second-order valence-corrected chi connectivity index (χ2v) is 6.70. The molecule has 0 radical (unpaired) electrons. The number of amides is 1. The number of benzene rings is 1. The summed E-state index contributed by atoms with van der Waals surface area (Å²) in [6.07, 6.45) is 3.20. The van der Waals surface area contributed by atoms with Crippen LogP contribution in [0.5, 0.6) is 5.75 Å². The number of nitrogens with zero attached hydrogens (tertiary/aromatic N) is 2. The number of rotatable bonds is 4. The zero-order chi connectivity index (χ0) is 18.0. The first-order chi connectivity index (χ1) is 12.1. The van der Waals surface area contributed by atoms with Crippen molar-refractivity contribution in [1.29, 1.82) is 0 Å². The first-order valence-corrected chi connectivity index (χ1v) is 8.91. The second kappa shape index (κ2) is 8.60. The smallest absolute Gasteiger partial charge is 0.255 e. The summed E-state index contributed by atoms with van der Waals surface area (Å²) in [7, 11) is 1.66. The summed E-state index contributed by atoms with van der Waals surface area (Å²) < 4.78 is 7.35. The van der Waals surface area contributed by atoms with Gasteiger partial charge in [0.05, 0.1) is 12.7 Å². The number of ether oxygens (including phenoxy) is 1. The summed E-state index contributed by atoms with van der Waals surface area (Å²) in [5, 5.41) is 0. The Morgan fingerprint density at radius 2 is 1.92 bits per heavy atom. The number of halogens is 1. The molecular formula is C20H28ClN3O2. The third-order valence-electron chi connectivity index (χ3n) is 5.15. The minimum absolute atomic E-state index is 0. The maximum absolute atomic E-state index is 13.1. The predicted molar refractivity (Wildman–Crippen MR) is 107 cm³/mol. The fourth-order valence-electron chi connectivity index (χ4n) is 3.78. The van der Waals surface area contributed by atoms with Crippen molar-refractivity contribution in [2.75, 3.05) is 20.2 Å². The minimum atomic E-state index is 0. The molecule has 0 aliphatic carbocycles. The molecule has 2 heterocycles. The highest BCUT2D eigenvalue weighted by atomic mass is 35.5. The van der Waals surface area contributed by atoms with E-state index in [9.17, 15) is 4.79 Å². The third-order valence-corrected chi connectivity index (χ3v) is 5.15. The van der Waals surface area contributed by atoms with Gasteiger partial charge in [0.2, 0.25) is 0 Å². The monoisotopic (exact) mass is 377 g/mol. The maximum atomic E-state index is 13.1. The molecule has 6 heteroatoms. The molecule has 3 rings (SSSR count). The number of carbonyl (C=O) groups is 1. The molecule has 2 N–H and O–H groups in total. The fraction of sp³-hybridized carbons (Fsp3) is 0.450. The average Bonchev–Trinajstić information content (AvgIpc) is 2.95. The number of aryl methyl sites for hydroxylation is 1. The van der Waals surface area contributed by atoms with Gasteiger partial charge in [0, 0.05) is 36.2 Å². The minimum Gasteiger partial charge on any atom is -0.497 e. The van der Waals surface area contributed by atoms with E-state index in [1.165, 1.54) is 0 Å². The zero-order valence-corrected chi connectivity index (χ0v) is 16.5. The van der Waals surface area contributed by atoms with Crippen LogP contribution in [0, 0.1) is 13.8 Å². The number of nitrogens with two attached hydrogens (primary N) is 1. The van der Waals surface area contributed by atoms with Gasteiger partial charge in [-0.25, -0.2) is 0 Å². The van der Waals surface area contributed by atoms with Crippen molar-refractivity contribution in [3.05, 3.63) is 47.3 Å². The zero-order valence-electron chi connectivity index (χ0n) is 15.7. The van der Waals surface area contributed by atoms with Crippen LogP contribution in [0.25, 0.3) is 5.69 Å². The van der Waals surface area contributed by atoms with Crippen LogP contribution in [0.3, 0.4) is 0 Å². The van der Waals surface area contributed by atoms with Crippen molar-refractivity contribution < 1.29 is 9.53 Å². The van der Waals surface area contributed by atoms with E-state index in [0.29, 0.717) is 6.54 Å². The van der Waals surface area contributed by atoms with E-state index in [0.717, 1.165) is 54.2 Å². The van der Waals surface area contributed by atoms with Gasteiger partial charge in [-0.1, -0.05) is 0 Å². The van der Waals surface area contributed by atoms with E-state index in [1.54, 1.807) is 7.11 Å². The summed E-state index contributed by atoms with van der Waals surface area (Å²) in [4.78, 5) is 15.1. The molecule has 26 heavy (non-hydrogen) atoms. The number of piperidine rings is 1. The standard InChI is InChI=1S/C20H27N3O2.ClH/c1-14-12-19(20(24)22-11-5-4-6-17(22)13-21)15(2)23(14)16-7-9-18(25-3)10-8-16;/h7-10,12,17H,4-6,11,13,21H2,1-3H3;1H. The van der Waals surface area contributed by atoms with Crippen LogP contribution < -0.4 is 10.5 Å². The SMILES string of the molecule is COc1ccc(-n2c(C)cc(C(=O)N3CCCCC3CN)c2C)cc1.Cl. The quantitative estimate of drug-likeness (QED) is 0.887. The van der Waals surface area contributed by atoms with Crippen molar-refractivity contribution in [3.63, 3.8) is 0 Å². The number of aromatic nitrogens is 1. The molecule has 5 nitrogen and oxygen atoms in total.